The molecule has 0 aromatic carbocycles. The maximum atomic E-state index is 12.7. The van der Waals surface area contributed by atoms with Crippen molar-refractivity contribution in [2.75, 3.05) is 26.2 Å². The van der Waals surface area contributed by atoms with Crippen LogP contribution in [0.15, 0.2) is 0 Å². The van der Waals surface area contributed by atoms with E-state index in [1.54, 1.807) is 0 Å². The molecule has 0 spiro atoms. The number of likely N-dealkylation sites (tertiary alicyclic amines) is 2. The Morgan fingerprint density at radius 3 is 2.08 bits per heavy atom. The maximum absolute atomic E-state index is 12.7. The molecular weight excluding hydrogens is 314 g/mol. The van der Waals surface area contributed by atoms with E-state index in [2.05, 4.69) is 17.1 Å². The van der Waals surface area contributed by atoms with E-state index in [0.717, 1.165) is 70.6 Å². The molecule has 2 saturated heterocycles. The van der Waals surface area contributed by atoms with E-state index in [0.29, 0.717) is 11.9 Å². The van der Waals surface area contributed by atoms with E-state index >= 15 is 0 Å². The summed E-state index contributed by atoms with van der Waals surface area (Å²) in [6.07, 6.45) is 8.83. The van der Waals surface area contributed by atoms with Gasteiger partial charge in [0.25, 0.3) is 0 Å². The van der Waals surface area contributed by atoms with Gasteiger partial charge in [-0.3, -0.25) is 9.59 Å². The molecule has 3 rings (SSSR count). The second kappa shape index (κ2) is 8.52. The van der Waals surface area contributed by atoms with E-state index in [1.165, 1.54) is 12.8 Å². The van der Waals surface area contributed by atoms with Gasteiger partial charge in [0.2, 0.25) is 11.8 Å². The van der Waals surface area contributed by atoms with Crippen molar-refractivity contribution in [2.24, 2.45) is 11.8 Å². The number of amides is 2. The zero-order valence-electron chi connectivity index (χ0n) is 16.0. The zero-order chi connectivity index (χ0) is 17.8. The monoisotopic (exact) mass is 349 g/mol. The number of carbonyl (C=O) groups is 2. The highest BCUT2D eigenvalue weighted by Gasteiger charge is 2.36. The summed E-state index contributed by atoms with van der Waals surface area (Å²) in [4.78, 5) is 29.2. The van der Waals surface area contributed by atoms with Gasteiger partial charge in [0.05, 0.1) is 6.04 Å². The molecule has 2 aliphatic heterocycles. The van der Waals surface area contributed by atoms with Crippen molar-refractivity contribution in [3.8, 4) is 0 Å². The summed E-state index contributed by atoms with van der Waals surface area (Å²) in [6, 6.07) is 0.244. The Bertz CT molecular complexity index is 460. The van der Waals surface area contributed by atoms with Gasteiger partial charge >= 0.3 is 0 Å². The second-order valence-electron chi connectivity index (χ2n) is 8.50. The average molecular weight is 350 g/mol. The second-order valence-corrected chi connectivity index (χ2v) is 8.50. The first-order chi connectivity index (χ1) is 12.0. The number of piperidine rings is 1. The Morgan fingerprint density at radius 2 is 1.52 bits per heavy atom. The molecule has 1 aliphatic carbocycles. The normalized spacial score (nSPS) is 29.7. The van der Waals surface area contributed by atoms with Gasteiger partial charge < -0.3 is 15.1 Å². The van der Waals surface area contributed by atoms with E-state index < -0.39 is 0 Å². The van der Waals surface area contributed by atoms with Crippen LogP contribution in [0.3, 0.4) is 0 Å². The van der Waals surface area contributed by atoms with Crippen LogP contribution in [0.5, 0.6) is 0 Å². The molecule has 25 heavy (non-hydrogen) atoms. The Hall–Kier alpha value is -1.10. The van der Waals surface area contributed by atoms with Crippen LogP contribution < -0.4 is 5.32 Å². The van der Waals surface area contributed by atoms with Gasteiger partial charge in [-0.25, -0.2) is 0 Å². The van der Waals surface area contributed by atoms with Crippen LogP contribution in [0.2, 0.25) is 0 Å². The predicted octanol–water partition coefficient (Wildman–Crippen LogP) is 2.40. The van der Waals surface area contributed by atoms with Crippen molar-refractivity contribution in [2.45, 2.75) is 77.3 Å². The molecule has 3 aliphatic rings. The van der Waals surface area contributed by atoms with Crippen LogP contribution in [0, 0.1) is 11.8 Å². The van der Waals surface area contributed by atoms with Gasteiger partial charge in [-0.05, 0) is 51.4 Å². The summed E-state index contributed by atoms with van der Waals surface area (Å²) < 4.78 is 0. The zero-order valence-corrected chi connectivity index (χ0v) is 16.0. The highest BCUT2D eigenvalue weighted by atomic mass is 16.2. The standard InChI is InChI=1S/C20H35N3O2/c1-15-13-17(14-15)20(25)23-11-7-18(8-12-23)21-16(2)19(24)22-9-5-3-4-6-10-22/h15-18,21H,3-14H2,1-2H3. The lowest BCUT2D eigenvalue weighted by Crippen LogP contribution is -2.53. The molecule has 2 heterocycles. The molecule has 0 aromatic heterocycles. The first-order valence-corrected chi connectivity index (χ1v) is 10.4. The highest BCUT2D eigenvalue weighted by molar-refractivity contribution is 5.81. The molecule has 1 saturated carbocycles. The fraction of sp³-hybridized carbons (Fsp3) is 0.900. The van der Waals surface area contributed by atoms with E-state index in [-0.39, 0.29) is 17.9 Å². The largest absolute Gasteiger partial charge is 0.342 e. The van der Waals surface area contributed by atoms with Gasteiger partial charge in [0.1, 0.15) is 0 Å². The number of hydrogen-bond donors (Lipinski definition) is 1. The number of nitrogens with one attached hydrogen (secondary N) is 1. The molecule has 0 radical (unpaired) electrons. The van der Waals surface area contributed by atoms with Crippen LogP contribution in [0.25, 0.3) is 0 Å². The molecule has 3 fully saturated rings. The molecule has 1 N–H and O–H groups in total. The van der Waals surface area contributed by atoms with Crippen molar-refractivity contribution in [3.05, 3.63) is 0 Å². The first kappa shape index (κ1) is 18.7. The minimum absolute atomic E-state index is 0.113. The lowest BCUT2D eigenvalue weighted by molar-refractivity contribution is -0.141. The Kier molecular flexibility index (Phi) is 6.37. The molecular formula is C20H35N3O2. The lowest BCUT2D eigenvalue weighted by atomic mass is 9.75. The Labute approximate surface area is 152 Å². The molecule has 142 valence electrons. The predicted molar refractivity (Wildman–Crippen MR) is 99.1 cm³/mol. The summed E-state index contributed by atoms with van der Waals surface area (Å²) in [5, 5.41) is 3.53. The van der Waals surface area contributed by atoms with E-state index in [9.17, 15) is 9.59 Å². The smallest absolute Gasteiger partial charge is 0.239 e. The Balaban J connectivity index is 1.40. The summed E-state index contributed by atoms with van der Waals surface area (Å²) >= 11 is 0. The minimum atomic E-state index is -0.113. The van der Waals surface area contributed by atoms with Gasteiger partial charge in [0, 0.05) is 38.1 Å². The number of rotatable bonds is 4. The third-order valence-electron chi connectivity index (χ3n) is 6.30. The molecule has 0 aromatic rings. The SMILES string of the molecule is CC1CC(C(=O)N2CCC(NC(C)C(=O)N3CCCCCC3)CC2)C1. The van der Waals surface area contributed by atoms with E-state index in [1.807, 2.05) is 11.8 Å². The topological polar surface area (TPSA) is 52.7 Å². The first-order valence-electron chi connectivity index (χ1n) is 10.4. The van der Waals surface area contributed by atoms with Crippen molar-refractivity contribution in [1.82, 2.24) is 15.1 Å². The minimum Gasteiger partial charge on any atom is -0.342 e. The maximum Gasteiger partial charge on any atom is 0.239 e. The van der Waals surface area contributed by atoms with E-state index in [4.69, 9.17) is 0 Å². The average Bonchev–Trinajstić information content (AvgIpc) is 2.87. The molecule has 5 heteroatoms. The fourth-order valence-electron chi connectivity index (χ4n) is 4.62. The quantitative estimate of drug-likeness (QED) is 0.848. The van der Waals surface area contributed by atoms with Crippen LogP contribution in [-0.2, 0) is 9.59 Å². The van der Waals surface area contributed by atoms with Crippen molar-refractivity contribution < 1.29 is 9.59 Å². The third kappa shape index (κ3) is 4.75. The molecule has 2 amide bonds. The van der Waals surface area contributed by atoms with Crippen LogP contribution in [-0.4, -0.2) is 59.9 Å². The number of hydrogen-bond acceptors (Lipinski definition) is 3. The van der Waals surface area contributed by atoms with Gasteiger partial charge in [-0.2, -0.15) is 0 Å². The van der Waals surface area contributed by atoms with Crippen molar-refractivity contribution in [1.29, 1.82) is 0 Å². The highest BCUT2D eigenvalue weighted by Crippen LogP contribution is 2.34. The Morgan fingerprint density at radius 1 is 0.920 bits per heavy atom. The molecule has 5 nitrogen and oxygen atoms in total. The van der Waals surface area contributed by atoms with Gasteiger partial charge in [-0.15, -0.1) is 0 Å². The molecule has 1 unspecified atom stereocenters. The van der Waals surface area contributed by atoms with Crippen LogP contribution in [0.1, 0.15) is 65.2 Å². The molecule has 0 bridgehead atoms. The number of carbonyl (C=O) groups excluding carboxylic acids is 2. The van der Waals surface area contributed by atoms with Crippen LogP contribution in [0.4, 0.5) is 0 Å². The van der Waals surface area contributed by atoms with Crippen LogP contribution >= 0.6 is 0 Å². The third-order valence-corrected chi connectivity index (χ3v) is 6.30. The fourth-order valence-corrected chi connectivity index (χ4v) is 4.62. The van der Waals surface area contributed by atoms with Crippen molar-refractivity contribution in [3.63, 3.8) is 0 Å². The van der Waals surface area contributed by atoms with Crippen molar-refractivity contribution >= 4 is 11.8 Å². The van der Waals surface area contributed by atoms with Gasteiger partial charge in [0.15, 0.2) is 0 Å². The molecule has 1 atom stereocenters. The number of nitrogens with zero attached hydrogens (tertiary/aromatic N) is 2. The summed E-state index contributed by atoms with van der Waals surface area (Å²) in [5.41, 5.74) is 0. The summed E-state index contributed by atoms with van der Waals surface area (Å²) in [6.45, 7) is 7.73. The summed E-state index contributed by atoms with van der Waals surface area (Å²) in [7, 11) is 0. The van der Waals surface area contributed by atoms with Gasteiger partial charge in [-0.1, -0.05) is 19.8 Å². The summed E-state index contributed by atoms with van der Waals surface area (Å²) in [5.74, 6) is 1.62. The lowest BCUT2D eigenvalue weighted by Gasteiger charge is -2.39.